The maximum atomic E-state index is 11.1. The van der Waals surface area contributed by atoms with Crippen LogP contribution < -0.4 is 0 Å². The highest BCUT2D eigenvalue weighted by molar-refractivity contribution is 5.78. The molecule has 0 spiro atoms. The minimum atomic E-state index is -1.54. The van der Waals surface area contributed by atoms with Crippen LogP contribution in [0.25, 0.3) is 0 Å². The normalized spacial score (nSPS) is 18.8. The van der Waals surface area contributed by atoms with E-state index >= 15 is 0 Å². The van der Waals surface area contributed by atoms with Gasteiger partial charge in [-0.2, -0.15) is 0 Å². The number of carboxylic acids is 1. The maximum absolute atomic E-state index is 11.1. The fraction of sp³-hybridized carbons (Fsp3) is 0.917. The number of unbranched alkanes of at least 4 members (excludes halogenated alkanes) is 3. The lowest BCUT2D eigenvalue weighted by Crippen LogP contribution is -2.56. The molecule has 2 N–H and O–H groups in total. The number of carboxylic acid groups (broad SMARTS) is 1. The molecule has 16 heavy (non-hydrogen) atoms. The number of aliphatic carboxylic acids is 1. The van der Waals surface area contributed by atoms with Gasteiger partial charge in [-0.15, -0.1) is 0 Å². The van der Waals surface area contributed by atoms with Gasteiger partial charge in [0.25, 0.3) is 0 Å². The van der Waals surface area contributed by atoms with Crippen molar-refractivity contribution in [3.8, 4) is 0 Å². The lowest BCUT2D eigenvalue weighted by molar-refractivity contribution is -0.194. The summed E-state index contributed by atoms with van der Waals surface area (Å²) in [6.45, 7) is 5.04. The van der Waals surface area contributed by atoms with Gasteiger partial charge in [0.15, 0.2) is 5.60 Å². The van der Waals surface area contributed by atoms with E-state index in [4.69, 9.17) is 9.84 Å². The molecular weight excluding hydrogens is 208 g/mol. The first-order chi connectivity index (χ1) is 7.31. The van der Waals surface area contributed by atoms with Crippen LogP contribution in [0.4, 0.5) is 0 Å². The summed E-state index contributed by atoms with van der Waals surface area (Å²) in [5.41, 5.74) is -2.89. The van der Waals surface area contributed by atoms with Gasteiger partial charge in [0.05, 0.1) is 0 Å². The summed E-state index contributed by atoms with van der Waals surface area (Å²) in [4.78, 5) is 11.1. The van der Waals surface area contributed by atoms with Crippen molar-refractivity contribution in [3.05, 3.63) is 0 Å². The van der Waals surface area contributed by atoms with E-state index in [1.165, 1.54) is 21.0 Å². The van der Waals surface area contributed by atoms with Gasteiger partial charge in [-0.3, -0.25) is 0 Å². The predicted octanol–water partition coefficient (Wildman–Crippen LogP) is 2.20. The van der Waals surface area contributed by atoms with E-state index in [2.05, 4.69) is 6.92 Å². The summed E-state index contributed by atoms with van der Waals surface area (Å²) in [7, 11) is 1.31. The second kappa shape index (κ2) is 6.21. The van der Waals surface area contributed by atoms with Crippen LogP contribution in [-0.4, -0.2) is 34.5 Å². The molecule has 0 aliphatic rings. The Balaban J connectivity index is 4.43. The standard InChI is InChI=1S/C12H24O4/c1-5-6-7-8-9-11(2,15)12(3,16-4)10(13)14/h15H,5-9H2,1-4H3,(H,13,14). The largest absolute Gasteiger partial charge is 0.479 e. The zero-order chi connectivity index (χ0) is 12.8. The first kappa shape index (κ1) is 15.4. The Hall–Kier alpha value is -0.610. The molecule has 0 aliphatic carbocycles. The number of aliphatic hydroxyl groups is 1. The molecule has 0 aromatic rings. The molecule has 0 saturated carbocycles. The first-order valence-electron chi connectivity index (χ1n) is 5.82. The summed E-state index contributed by atoms with van der Waals surface area (Å²) in [6.07, 6.45) is 4.47. The lowest BCUT2D eigenvalue weighted by Gasteiger charge is -2.38. The van der Waals surface area contributed by atoms with Crippen LogP contribution in [0.2, 0.25) is 0 Å². The average Bonchev–Trinajstić information content (AvgIpc) is 2.22. The fourth-order valence-electron chi connectivity index (χ4n) is 1.67. The van der Waals surface area contributed by atoms with E-state index < -0.39 is 17.2 Å². The van der Waals surface area contributed by atoms with Gasteiger partial charge in [-0.05, 0) is 20.3 Å². The van der Waals surface area contributed by atoms with E-state index in [0.717, 1.165) is 25.7 Å². The lowest BCUT2D eigenvalue weighted by atomic mass is 9.81. The van der Waals surface area contributed by atoms with Crippen LogP contribution in [0.5, 0.6) is 0 Å². The van der Waals surface area contributed by atoms with Crippen LogP contribution in [-0.2, 0) is 9.53 Å². The number of methoxy groups -OCH3 is 1. The molecule has 0 bridgehead atoms. The summed E-state index contributed by atoms with van der Waals surface area (Å²) < 4.78 is 4.97. The molecule has 4 nitrogen and oxygen atoms in total. The van der Waals surface area contributed by atoms with E-state index in [0.29, 0.717) is 6.42 Å². The second-order valence-corrected chi connectivity index (χ2v) is 4.63. The summed E-state index contributed by atoms with van der Waals surface area (Å²) in [5.74, 6) is -1.13. The molecule has 0 aliphatic heterocycles. The van der Waals surface area contributed by atoms with E-state index in [1.807, 2.05) is 0 Å². The summed E-state index contributed by atoms with van der Waals surface area (Å²) >= 11 is 0. The Kier molecular flexibility index (Phi) is 5.97. The molecular formula is C12H24O4. The number of ether oxygens (including phenoxy) is 1. The smallest absolute Gasteiger partial charge is 0.338 e. The Morgan fingerprint density at radius 2 is 1.81 bits per heavy atom. The van der Waals surface area contributed by atoms with E-state index in [1.54, 1.807) is 0 Å². The summed E-state index contributed by atoms with van der Waals surface area (Å²) in [5, 5.41) is 19.3. The minimum absolute atomic E-state index is 0.434. The highest BCUT2D eigenvalue weighted by atomic mass is 16.5. The van der Waals surface area contributed by atoms with Crippen molar-refractivity contribution in [1.29, 1.82) is 0 Å². The number of rotatable bonds is 8. The zero-order valence-electron chi connectivity index (χ0n) is 10.7. The molecule has 0 aromatic carbocycles. The van der Waals surface area contributed by atoms with Gasteiger partial charge in [0, 0.05) is 7.11 Å². The third kappa shape index (κ3) is 3.46. The van der Waals surface area contributed by atoms with Crippen LogP contribution in [0.3, 0.4) is 0 Å². The van der Waals surface area contributed by atoms with Gasteiger partial charge in [-0.1, -0.05) is 32.6 Å². The Morgan fingerprint density at radius 3 is 2.19 bits per heavy atom. The zero-order valence-corrected chi connectivity index (χ0v) is 10.7. The SMILES string of the molecule is CCCCCCC(C)(O)C(C)(OC)C(=O)O. The van der Waals surface area contributed by atoms with Gasteiger partial charge in [0.1, 0.15) is 5.60 Å². The molecule has 96 valence electrons. The Bertz CT molecular complexity index is 225. The summed E-state index contributed by atoms with van der Waals surface area (Å²) in [6, 6.07) is 0. The number of hydrogen-bond acceptors (Lipinski definition) is 3. The Labute approximate surface area is 97.6 Å². The van der Waals surface area contributed by atoms with Crippen molar-refractivity contribution in [3.63, 3.8) is 0 Å². The fourth-order valence-corrected chi connectivity index (χ4v) is 1.67. The van der Waals surface area contributed by atoms with Crippen molar-refractivity contribution in [1.82, 2.24) is 0 Å². The van der Waals surface area contributed by atoms with Crippen molar-refractivity contribution in [2.24, 2.45) is 0 Å². The molecule has 0 rings (SSSR count). The van der Waals surface area contributed by atoms with Crippen molar-refractivity contribution in [2.45, 2.75) is 64.1 Å². The molecule has 0 radical (unpaired) electrons. The third-order valence-corrected chi connectivity index (χ3v) is 3.36. The van der Waals surface area contributed by atoms with E-state index in [-0.39, 0.29) is 0 Å². The number of hydrogen-bond donors (Lipinski definition) is 2. The van der Waals surface area contributed by atoms with Crippen LogP contribution in [0.15, 0.2) is 0 Å². The maximum Gasteiger partial charge on any atom is 0.338 e. The van der Waals surface area contributed by atoms with Crippen LogP contribution in [0.1, 0.15) is 52.9 Å². The van der Waals surface area contributed by atoms with Crippen molar-refractivity contribution >= 4 is 5.97 Å². The molecule has 2 atom stereocenters. The second-order valence-electron chi connectivity index (χ2n) is 4.63. The molecule has 0 fully saturated rings. The molecule has 4 heteroatoms. The molecule has 0 saturated heterocycles. The number of carbonyl (C=O) groups is 1. The van der Waals surface area contributed by atoms with Gasteiger partial charge in [0.2, 0.25) is 0 Å². The highest BCUT2D eigenvalue weighted by Gasteiger charge is 2.49. The third-order valence-electron chi connectivity index (χ3n) is 3.36. The topological polar surface area (TPSA) is 66.8 Å². The highest BCUT2D eigenvalue weighted by Crippen LogP contribution is 2.30. The predicted molar refractivity (Wildman–Crippen MR) is 62.4 cm³/mol. The average molecular weight is 232 g/mol. The Morgan fingerprint density at radius 1 is 1.25 bits per heavy atom. The van der Waals surface area contributed by atoms with E-state index in [9.17, 15) is 9.90 Å². The molecule has 2 unspecified atom stereocenters. The van der Waals surface area contributed by atoms with Crippen LogP contribution in [0, 0.1) is 0 Å². The quantitative estimate of drug-likeness (QED) is 0.630. The van der Waals surface area contributed by atoms with Crippen molar-refractivity contribution < 1.29 is 19.7 Å². The molecule has 0 aromatic heterocycles. The molecule has 0 amide bonds. The van der Waals surface area contributed by atoms with Gasteiger partial charge >= 0.3 is 5.97 Å². The van der Waals surface area contributed by atoms with Crippen molar-refractivity contribution in [2.75, 3.05) is 7.11 Å². The molecule has 0 heterocycles. The minimum Gasteiger partial charge on any atom is -0.479 e. The monoisotopic (exact) mass is 232 g/mol. The first-order valence-corrected chi connectivity index (χ1v) is 5.82. The van der Waals surface area contributed by atoms with Gasteiger partial charge in [-0.25, -0.2) is 4.79 Å². The van der Waals surface area contributed by atoms with Crippen LogP contribution >= 0.6 is 0 Å². The van der Waals surface area contributed by atoms with Gasteiger partial charge < -0.3 is 14.9 Å².